The van der Waals surface area contributed by atoms with Gasteiger partial charge in [0.15, 0.2) is 0 Å². The van der Waals surface area contributed by atoms with Crippen molar-refractivity contribution in [2.75, 3.05) is 0 Å². The molecular formula is C8H14F3. The van der Waals surface area contributed by atoms with Crippen LogP contribution < -0.4 is 0 Å². The summed E-state index contributed by atoms with van der Waals surface area (Å²) >= 11 is 0. The molecule has 67 valence electrons. The summed E-state index contributed by atoms with van der Waals surface area (Å²) in [7, 11) is 0. The number of rotatable bonds is 3. The third kappa shape index (κ3) is 4.27. The zero-order chi connectivity index (χ0) is 9.07. The van der Waals surface area contributed by atoms with Crippen molar-refractivity contribution in [3.05, 3.63) is 6.42 Å². The molecule has 3 heteroatoms. The van der Waals surface area contributed by atoms with Gasteiger partial charge in [-0.2, -0.15) is 13.2 Å². The van der Waals surface area contributed by atoms with Gasteiger partial charge in [-0.25, -0.2) is 0 Å². The Balaban J connectivity index is 3.96. The first-order valence-corrected chi connectivity index (χ1v) is 3.74. The fourth-order valence-electron chi connectivity index (χ4n) is 0.967. The lowest BCUT2D eigenvalue weighted by molar-refractivity contribution is -0.168. The van der Waals surface area contributed by atoms with Gasteiger partial charge in [0.25, 0.3) is 0 Å². The Labute approximate surface area is 65.8 Å². The number of hydrogen-bond donors (Lipinski definition) is 0. The molecule has 0 aromatic carbocycles. The van der Waals surface area contributed by atoms with Gasteiger partial charge in [0, 0.05) is 0 Å². The molecule has 0 aromatic heterocycles. The van der Waals surface area contributed by atoms with Crippen LogP contribution in [0.15, 0.2) is 0 Å². The molecule has 0 aromatic rings. The summed E-state index contributed by atoms with van der Waals surface area (Å²) in [5.41, 5.74) is 0. The molecule has 0 aliphatic carbocycles. The molecule has 1 radical (unpaired) electrons. The quantitative estimate of drug-likeness (QED) is 0.604. The fourth-order valence-corrected chi connectivity index (χ4v) is 0.967. The van der Waals surface area contributed by atoms with E-state index in [1.54, 1.807) is 13.8 Å². The SMILES string of the molecule is C[CH]C(CC(C)C)C(F)(F)F. The third-order valence-corrected chi connectivity index (χ3v) is 1.55. The van der Waals surface area contributed by atoms with Crippen LogP contribution in [0.5, 0.6) is 0 Å². The van der Waals surface area contributed by atoms with Gasteiger partial charge in [0.2, 0.25) is 0 Å². The minimum absolute atomic E-state index is 0.0952. The highest BCUT2D eigenvalue weighted by atomic mass is 19.4. The molecule has 0 heterocycles. The monoisotopic (exact) mass is 167 g/mol. The van der Waals surface area contributed by atoms with E-state index in [1.807, 2.05) is 0 Å². The zero-order valence-corrected chi connectivity index (χ0v) is 7.07. The summed E-state index contributed by atoms with van der Waals surface area (Å²) in [4.78, 5) is 0. The van der Waals surface area contributed by atoms with E-state index in [0.717, 1.165) is 0 Å². The van der Waals surface area contributed by atoms with Gasteiger partial charge >= 0.3 is 6.18 Å². The highest BCUT2D eigenvalue weighted by Crippen LogP contribution is 2.32. The molecule has 0 spiro atoms. The second kappa shape index (κ2) is 3.98. The van der Waals surface area contributed by atoms with Crippen molar-refractivity contribution in [3.8, 4) is 0 Å². The Hall–Kier alpha value is -0.210. The van der Waals surface area contributed by atoms with Gasteiger partial charge in [-0.15, -0.1) is 0 Å². The van der Waals surface area contributed by atoms with E-state index in [0.29, 0.717) is 0 Å². The molecule has 0 saturated carbocycles. The maximum Gasteiger partial charge on any atom is 0.392 e. The van der Waals surface area contributed by atoms with Crippen LogP contribution in [-0.2, 0) is 0 Å². The molecule has 11 heavy (non-hydrogen) atoms. The van der Waals surface area contributed by atoms with Crippen molar-refractivity contribution in [1.82, 2.24) is 0 Å². The molecule has 0 N–H and O–H groups in total. The van der Waals surface area contributed by atoms with Crippen LogP contribution >= 0.6 is 0 Å². The van der Waals surface area contributed by atoms with Crippen molar-refractivity contribution in [2.24, 2.45) is 11.8 Å². The maximum absolute atomic E-state index is 12.0. The van der Waals surface area contributed by atoms with Gasteiger partial charge in [-0.3, -0.25) is 0 Å². The van der Waals surface area contributed by atoms with E-state index in [2.05, 4.69) is 0 Å². The predicted molar refractivity (Wildman–Crippen MR) is 39.0 cm³/mol. The number of alkyl halides is 3. The van der Waals surface area contributed by atoms with E-state index in [9.17, 15) is 13.2 Å². The first kappa shape index (κ1) is 10.8. The molecule has 1 unspecified atom stereocenters. The van der Waals surface area contributed by atoms with Gasteiger partial charge in [0.1, 0.15) is 0 Å². The Morgan fingerprint density at radius 1 is 1.27 bits per heavy atom. The van der Waals surface area contributed by atoms with E-state index < -0.39 is 12.1 Å². The first-order valence-electron chi connectivity index (χ1n) is 3.74. The lowest BCUT2D eigenvalue weighted by Crippen LogP contribution is -2.24. The smallest absolute Gasteiger partial charge is 0.171 e. The molecule has 0 saturated heterocycles. The zero-order valence-electron chi connectivity index (χ0n) is 7.07. The summed E-state index contributed by atoms with van der Waals surface area (Å²) in [6, 6.07) is 0. The molecule has 0 nitrogen and oxygen atoms in total. The largest absolute Gasteiger partial charge is 0.392 e. The number of hydrogen-bond acceptors (Lipinski definition) is 0. The highest BCUT2D eigenvalue weighted by Gasteiger charge is 2.38. The Bertz CT molecular complexity index is 104. The van der Waals surface area contributed by atoms with Gasteiger partial charge in [-0.1, -0.05) is 20.8 Å². The molecular weight excluding hydrogens is 153 g/mol. The van der Waals surface area contributed by atoms with E-state index in [4.69, 9.17) is 0 Å². The number of halogens is 3. The second-order valence-electron chi connectivity index (χ2n) is 3.11. The average Bonchev–Trinajstić information content (AvgIpc) is 1.79. The highest BCUT2D eigenvalue weighted by molar-refractivity contribution is 4.79. The summed E-state index contributed by atoms with van der Waals surface area (Å²) in [5.74, 6) is -1.14. The van der Waals surface area contributed by atoms with Crippen LogP contribution in [0, 0.1) is 18.3 Å². The molecule has 1 atom stereocenters. The maximum atomic E-state index is 12.0. The van der Waals surface area contributed by atoms with Crippen molar-refractivity contribution in [2.45, 2.75) is 33.4 Å². The van der Waals surface area contributed by atoms with Crippen LogP contribution in [0.4, 0.5) is 13.2 Å². The molecule has 0 aliphatic heterocycles. The summed E-state index contributed by atoms with van der Waals surface area (Å²) in [6.45, 7) is 5.05. The summed E-state index contributed by atoms with van der Waals surface area (Å²) < 4.78 is 36.1. The Kier molecular flexibility index (Phi) is 3.90. The summed E-state index contributed by atoms with van der Waals surface area (Å²) in [5, 5.41) is 0. The van der Waals surface area contributed by atoms with E-state index in [-0.39, 0.29) is 12.3 Å². The van der Waals surface area contributed by atoms with Crippen molar-refractivity contribution in [1.29, 1.82) is 0 Å². The summed E-state index contributed by atoms with van der Waals surface area (Å²) in [6.07, 6.45) is -2.64. The lowest BCUT2D eigenvalue weighted by atomic mass is 9.94. The first-order chi connectivity index (χ1) is 4.88. The van der Waals surface area contributed by atoms with E-state index >= 15 is 0 Å². The molecule has 0 aliphatic rings. The topological polar surface area (TPSA) is 0 Å². The normalized spacial score (nSPS) is 15.5. The predicted octanol–water partition coefficient (Wildman–Crippen LogP) is 3.44. The van der Waals surface area contributed by atoms with Crippen LogP contribution in [0.25, 0.3) is 0 Å². The Morgan fingerprint density at radius 3 is 1.82 bits per heavy atom. The van der Waals surface area contributed by atoms with Crippen LogP contribution in [0.1, 0.15) is 27.2 Å². The van der Waals surface area contributed by atoms with Gasteiger partial charge in [0.05, 0.1) is 5.92 Å². The molecule has 0 rings (SSSR count). The third-order valence-electron chi connectivity index (χ3n) is 1.55. The van der Waals surface area contributed by atoms with Crippen molar-refractivity contribution < 1.29 is 13.2 Å². The molecule has 0 fully saturated rings. The van der Waals surface area contributed by atoms with Crippen LogP contribution in [0.3, 0.4) is 0 Å². The average molecular weight is 167 g/mol. The Morgan fingerprint density at radius 2 is 1.73 bits per heavy atom. The van der Waals surface area contributed by atoms with Crippen LogP contribution in [-0.4, -0.2) is 6.18 Å². The fraction of sp³-hybridized carbons (Fsp3) is 0.875. The minimum Gasteiger partial charge on any atom is -0.171 e. The standard InChI is InChI=1S/C8H14F3/c1-4-7(5-6(2)3)8(9,10)11/h4,6-7H,5H2,1-3H3. The molecule has 0 amide bonds. The second-order valence-corrected chi connectivity index (χ2v) is 3.11. The lowest BCUT2D eigenvalue weighted by Gasteiger charge is -2.19. The van der Waals surface area contributed by atoms with Crippen molar-refractivity contribution >= 4 is 0 Å². The minimum atomic E-state index is -4.06. The van der Waals surface area contributed by atoms with Gasteiger partial charge < -0.3 is 0 Å². The van der Waals surface area contributed by atoms with E-state index in [1.165, 1.54) is 13.3 Å². The molecule has 0 bridgehead atoms. The van der Waals surface area contributed by atoms with Gasteiger partial charge in [-0.05, 0) is 18.8 Å². The van der Waals surface area contributed by atoms with Crippen LogP contribution in [0.2, 0.25) is 0 Å². The van der Waals surface area contributed by atoms with Crippen molar-refractivity contribution in [3.63, 3.8) is 0 Å².